The van der Waals surface area contributed by atoms with Crippen LogP contribution in [0.4, 0.5) is 0 Å². The maximum Gasteiger partial charge on any atom is 0.255 e. The molecule has 0 radical (unpaired) electrons. The molecule has 0 fully saturated rings. The van der Waals surface area contributed by atoms with Crippen LogP contribution in [0.2, 0.25) is 5.02 Å². The molecular formula is C19H19ClN2O. The van der Waals surface area contributed by atoms with Crippen molar-refractivity contribution in [2.75, 3.05) is 0 Å². The van der Waals surface area contributed by atoms with Crippen LogP contribution in [0.1, 0.15) is 25.1 Å². The van der Waals surface area contributed by atoms with Crippen LogP contribution in [-0.4, -0.2) is 9.55 Å². The summed E-state index contributed by atoms with van der Waals surface area (Å²) >= 11 is 6.17. The number of halogens is 1. The summed E-state index contributed by atoms with van der Waals surface area (Å²) in [4.78, 5) is 17.5. The molecule has 0 atom stereocenters. The number of hydrogen-bond acceptors (Lipinski definition) is 2. The van der Waals surface area contributed by atoms with E-state index in [-0.39, 0.29) is 5.56 Å². The molecule has 0 bridgehead atoms. The van der Waals surface area contributed by atoms with Gasteiger partial charge in [0.15, 0.2) is 0 Å². The van der Waals surface area contributed by atoms with Crippen LogP contribution in [0.25, 0.3) is 22.2 Å². The van der Waals surface area contributed by atoms with Gasteiger partial charge in [-0.2, -0.15) is 0 Å². The first-order valence-electron chi connectivity index (χ1n) is 7.85. The van der Waals surface area contributed by atoms with Gasteiger partial charge >= 0.3 is 0 Å². The maximum atomic E-state index is 12.9. The minimum absolute atomic E-state index is 0.0376. The smallest absolute Gasteiger partial charge is 0.255 e. The Balaban J connectivity index is 2.52. The number of hydrogen-bond donors (Lipinski definition) is 0. The molecule has 2 aromatic heterocycles. The number of aryl methyl sites for hydroxylation is 2. The molecule has 0 N–H and O–H groups in total. The molecule has 1 aromatic carbocycles. The molecule has 3 nitrogen and oxygen atoms in total. The maximum absolute atomic E-state index is 12.9. The molecule has 0 saturated carbocycles. The summed E-state index contributed by atoms with van der Waals surface area (Å²) in [7, 11) is 0. The number of pyridine rings is 2. The van der Waals surface area contributed by atoms with Gasteiger partial charge in [0, 0.05) is 33.8 Å². The topological polar surface area (TPSA) is 34.9 Å². The number of nitrogens with zero attached hydrogens (tertiary/aromatic N) is 2. The third-order valence-electron chi connectivity index (χ3n) is 4.13. The van der Waals surface area contributed by atoms with E-state index in [4.69, 9.17) is 11.6 Å². The van der Waals surface area contributed by atoms with Gasteiger partial charge in [-0.1, -0.05) is 30.7 Å². The standard InChI is InChI=1S/C19H19ClN2O/c1-4-15-17(13-7-6-8-14(20)11-13)16-10-9-12(3)21-18(16)22(5-2)19(15)23/h6-11H,4-5H2,1-3H3. The van der Waals surface area contributed by atoms with Crippen molar-refractivity contribution < 1.29 is 0 Å². The summed E-state index contributed by atoms with van der Waals surface area (Å²) < 4.78 is 1.76. The third-order valence-corrected chi connectivity index (χ3v) is 4.36. The van der Waals surface area contributed by atoms with Crippen molar-refractivity contribution in [2.24, 2.45) is 0 Å². The first kappa shape index (κ1) is 15.8. The zero-order chi connectivity index (χ0) is 16.6. The molecule has 2 heterocycles. The highest BCUT2D eigenvalue weighted by molar-refractivity contribution is 6.30. The molecule has 0 aliphatic heterocycles. The minimum atomic E-state index is 0.0376. The summed E-state index contributed by atoms with van der Waals surface area (Å²) in [5.41, 5.74) is 4.41. The zero-order valence-corrected chi connectivity index (χ0v) is 14.3. The lowest BCUT2D eigenvalue weighted by Crippen LogP contribution is -2.25. The molecule has 0 saturated heterocycles. The lowest BCUT2D eigenvalue weighted by atomic mass is 9.95. The molecule has 0 aliphatic carbocycles. The Morgan fingerprint density at radius 1 is 1.17 bits per heavy atom. The Hall–Kier alpha value is -2.13. The molecule has 3 rings (SSSR count). The number of fused-ring (bicyclic) bond motifs is 1. The summed E-state index contributed by atoms with van der Waals surface area (Å²) in [5.74, 6) is 0. The van der Waals surface area contributed by atoms with Crippen LogP contribution in [0.15, 0.2) is 41.2 Å². The number of benzene rings is 1. The van der Waals surface area contributed by atoms with Gasteiger partial charge in [0.2, 0.25) is 0 Å². The van der Waals surface area contributed by atoms with E-state index in [1.165, 1.54) is 0 Å². The Bertz CT molecular complexity index is 944. The van der Waals surface area contributed by atoms with Gasteiger partial charge in [0.1, 0.15) is 5.65 Å². The van der Waals surface area contributed by atoms with Crippen molar-refractivity contribution in [3.05, 3.63) is 63.0 Å². The molecular weight excluding hydrogens is 308 g/mol. The third kappa shape index (κ3) is 2.66. The molecule has 118 valence electrons. The molecule has 4 heteroatoms. The van der Waals surface area contributed by atoms with Crippen LogP contribution >= 0.6 is 11.6 Å². The Morgan fingerprint density at radius 3 is 2.61 bits per heavy atom. The second-order valence-corrected chi connectivity index (χ2v) is 6.03. The van der Waals surface area contributed by atoms with Gasteiger partial charge in [-0.25, -0.2) is 4.98 Å². The van der Waals surface area contributed by atoms with Crippen molar-refractivity contribution >= 4 is 22.6 Å². The van der Waals surface area contributed by atoms with Crippen molar-refractivity contribution in [1.29, 1.82) is 0 Å². The van der Waals surface area contributed by atoms with Crippen molar-refractivity contribution in [3.63, 3.8) is 0 Å². The normalized spacial score (nSPS) is 11.1. The van der Waals surface area contributed by atoms with E-state index >= 15 is 0 Å². The lowest BCUT2D eigenvalue weighted by Gasteiger charge is -2.16. The second kappa shape index (κ2) is 6.17. The van der Waals surface area contributed by atoms with E-state index in [0.717, 1.165) is 33.4 Å². The van der Waals surface area contributed by atoms with Crippen LogP contribution < -0.4 is 5.56 Å². The van der Waals surface area contributed by atoms with Crippen molar-refractivity contribution in [3.8, 4) is 11.1 Å². The van der Waals surface area contributed by atoms with E-state index < -0.39 is 0 Å². The van der Waals surface area contributed by atoms with Gasteiger partial charge in [-0.3, -0.25) is 9.36 Å². The fraction of sp³-hybridized carbons (Fsp3) is 0.263. The van der Waals surface area contributed by atoms with Gasteiger partial charge in [-0.05, 0) is 50.1 Å². The summed E-state index contributed by atoms with van der Waals surface area (Å²) in [6, 6.07) is 11.7. The van der Waals surface area contributed by atoms with Crippen molar-refractivity contribution in [1.82, 2.24) is 9.55 Å². The van der Waals surface area contributed by atoms with E-state index in [0.29, 0.717) is 18.0 Å². The van der Waals surface area contributed by atoms with Crippen LogP contribution in [0.5, 0.6) is 0 Å². The fourth-order valence-corrected chi connectivity index (χ4v) is 3.26. The first-order chi connectivity index (χ1) is 11.1. The highest BCUT2D eigenvalue weighted by Crippen LogP contribution is 2.31. The second-order valence-electron chi connectivity index (χ2n) is 5.59. The van der Waals surface area contributed by atoms with Gasteiger partial charge in [0.25, 0.3) is 5.56 Å². The summed E-state index contributed by atoms with van der Waals surface area (Å²) in [6.07, 6.45) is 0.671. The van der Waals surface area contributed by atoms with Crippen LogP contribution in [0.3, 0.4) is 0 Å². The number of aromatic nitrogens is 2. The van der Waals surface area contributed by atoms with E-state index in [1.807, 2.05) is 51.1 Å². The van der Waals surface area contributed by atoms with Crippen LogP contribution in [-0.2, 0) is 13.0 Å². The van der Waals surface area contributed by atoms with E-state index in [1.54, 1.807) is 4.57 Å². The zero-order valence-electron chi connectivity index (χ0n) is 13.6. The summed E-state index contributed by atoms with van der Waals surface area (Å²) in [6.45, 7) is 6.53. The monoisotopic (exact) mass is 326 g/mol. The quantitative estimate of drug-likeness (QED) is 0.704. The largest absolute Gasteiger partial charge is 0.293 e. The molecule has 0 amide bonds. The fourth-order valence-electron chi connectivity index (χ4n) is 3.07. The average Bonchev–Trinajstić information content (AvgIpc) is 2.53. The predicted molar refractivity (Wildman–Crippen MR) is 96.2 cm³/mol. The highest BCUT2D eigenvalue weighted by atomic mass is 35.5. The van der Waals surface area contributed by atoms with Gasteiger partial charge < -0.3 is 0 Å². The van der Waals surface area contributed by atoms with Crippen LogP contribution in [0, 0.1) is 6.92 Å². The number of rotatable bonds is 3. The van der Waals surface area contributed by atoms with Crippen molar-refractivity contribution in [2.45, 2.75) is 33.7 Å². The summed E-state index contributed by atoms with van der Waals surface area (Å²) in [5, 5.41) is 1.66. The Morgan fingerprint density at radius 2 is 1.96 bits per heavy atom. The van der Waals surface area contributed by atoms with Gasteiger partial charge in [0.05, 0.1) is 0 Å². The molecule has 0 aliphatic rings. The van der Waals surface area contributed by atoms with E-state index in [9.17, 15) is 4.79 Å². The van der Waals surface area contributed by atoms with Gasteiger partial charge in [-0.15, -0.1) is 0 Å². The predicted octanol–water partition coefficient (Wildman–Crippen LogP) is 4.61. The minimum Gasteiger partial charge on any atom is -0.293 e. The molecule has 0 spiro atoms. The Kier molecular flexibility index (Phi) is 4.22. The highest BCUT2D eigenvalue weighted by Gasteiger charge is 2.17. The average molecular weight is 327 g/mol. The lowest BCUT2D eigenvalue weighted by molar-refractivity contribution is 0.738. The molecule has 0 unspecified atom stereocenters. The Labute approximate surface area is 140 Å². The molecule has 23 heavy (non-hydrogen) atoms. The first-order valence-corrected chi connectivity index (χ1v) is 8.23. The SMILES string of the molecule is CCc1c(-c2cccc(Cl)c2)c2ccc(C)nc2n(CC)c1=O. The van der Waals surface area contributed by atoms with E-state index in [2.05, 4.69) is 11.1 Å². The molecule has 3 aromatic rings.